The summed E-state index contributed by atoms with van der Waals surface area (Å²) in [5.41, 5.74) is 4.47. The monoisotopic (exact) mass is 471 g/mol. The minimum atomic E-state index is -0.310. The van der Waals surface area contributed by atoms with Gasteiger partial charge in [-0.1, -0.05) is 12.1 Å². The smallest absolute Gasteiger partial charge is 0.291 e. The molecule has 180 valence electrons. The summed E-state index contributed by atoms with van der Waals surface area (Å²) in [6.07, 6.45) is 3.66. The van der Waals surface area contributed by atoms with Crippen LogP contribution in [0, 0.1) is 6.92 Å². The largest absolute Gasteiger partial charge is 0.459 e. The van der Waals surface area contributed by atoms with Gasteiger partial charge < -0.3 is 15.1 Å². The highest BCUT2D eigenvalue weighted by Gasteiger charge is 2.30. The van der Waals surface area contributed by atoms with E-state index in [-0.39, 0.29) is 23.1 Å². The molecule has 0 unspecified atom stereocenters. The Labute approximate surface area is 203 Å². The van der Waals surface area contributed by atoms with E-state index in [1.807, 2.05) is 29.8 Å². The van der Waals surface area contributed by atoms with Crippen molar-refractivity contribution in [1.29, 1.82) is 0 Å². The van der Waals surface area contributed by atoms with Crippen LogP contribution in [0.1, 0.15) is 77.4 Å². The molecule has 0 atom stereocenters. The van der Waals surface area contributed by atoms with Crippen molar-refractivity contribution in [3.8, 4) is 0 Å². The molecule has 1 aliphatic carbocycles. The molecule has 1 fully saturated rings. The number of pyridine rings is 1. The number of hydrogen-bond donors (Lipinski definition) is 2. The highest BCUT2D eigenvalue weighted by atomic mass is 16.3. The molecule has 2 N–H and O–H groups in total. The van der Waals surface area contributed by atoms with Crippen molar-refractivity contribution in [2.45, 2.75) is 58.5 Å². The predicted molar refractivity (Wildman–Crippen MR) is 134 cm³/mol. The molecule has 0 bridgehead atoms. The maximum absolute atomic E-state index is 13.3. The van der Waals surface area contributed by atoms with Gasteiger partial charge >= 0.3 is 0 Å². The fourth-order valence-electron chi connectivity index (χ4n) is 4.13. The maximum Gasteiger partial charge on any atom is 0.291 e. The van der Waals surface area contributed by atoms with Gasteiger partial charge in [-0.05, 0) is 76.4 Å². The third-order valence-electron chi connectivity index (χ3n) is 6.12. The second kappa shape index (κ2) is 8.69. The molecule has 2 amide bonds. The predicted octanol–water partition coefficient (Wildman–Crippen LogP) is 5.15. The molecule has 5 rings (SSSR count). The van der Waals surface area contributed by atoms with Gasteiger partial charge in [-0.25, -0.2) is 9.67 Å². The topological polar surface area (TPSA) is 102 Å². The standard InChI is InChI=1S/C27H29N5O3/c1-16-23-20(14-21(18-9-10-18)30-24(23)32(31-16)27(2,3)4)25(33)28-15-17-7-11-19(12-8-17)29-26(34)22-6-5-13-35-22/h5-8,11-14,18H,9-10,15H2,1-4H3,(H,28,33)(H,29,34). The fourth-order valence-corrected chi connectivity index (χ4v) is 4.13. The lowest BCUT2D eigenvalue weighted by Crippen LogP contribution is -2.25. The van der Waals surface area contributed by atoms with Gasteiger partial charge in [0.2, 0.25) is 0 Å². The molecule has 8 nitrogen and oxygen atoms in total. The Balaban J connectivity index is 1.34. The minimum Gasteiger partial charge on any atom is -0.459 e. The van der Waals surface area contributed by atoms with Gasteiger partial charge in [0.05, 0.1) is 28.4 Å². The lowest BCUT2D eigenvalue weighted by atomic mass is 10.1. The number of carbonyl (C=O) groups is 2. The molecule has 0 radical (unpaired) electrons. The van der Waals surface area contributed by atoms with Gasteiger partial charge in [-0.2, -0.15) is 5.10 Å². The number of benzene rings is 1. The number of furan rings is 1. The molecule has 0 aliphatic heterocycles. The summed E-state index contributed by atoms with van der Waals surface area (Å²) in [5, 5.41) is 11.4. The van der Waals surface area contributed by atoms with E-state index in [1.54, 1.807) is 24.3 Å². The van der Waals surface area contributed by atoms with Crippen LogP contribution >= 0.6 is 0 Å². The summed E-state index contributed by atoms with van der Waals surface area (Å²) in [4.78, 5) is 30.4. The molecule has 3 aromatic heterocycles. The molecule has 0 saturated heterocycles. The molecule has 1 aromatic carbocycles. The lowest BCUT2D eigenvalue weighted by Gasteiger charge is -2.20. The Kier molecular flexibility index (Phi) is 5.67. The fraction of sp³-hybridized carbons (Fsp3) is 0.333. The SMILES string of the molecule is Cc1nn(C(C)(C)C)c2nc(C3CC3)cc(C(=O)NCc3ccc(NC(=O)c4ccco4)cc3)c12. The van der Waals surface area contributed by atoms with Crippen molar-refractivity contribution in [1.82, 2.24) is 20.1 Å². The second-order valence-corrected chi connectivity index (χ2v) is 10.0. The minimum absolute atomic E-state index is 0.147. The van der Waals surface area contributed by atoms with Crippen LogP contribution in [0.2, 0.25) is 0 Å². The van der Waals surface area contributed by atoms with E-state index in [1.165, 1.54) is 6.26 Å². The molecule has 35 heavy (non-hydrogen) atoms. The van der Waals surface area contributed by atoms with Gasteiger partial charge in [-0.15, -0.1) is 0 Å². The molecule has 4 aromatic rings. The lowest BCUT2D eigenvalue weighted by molar-refractivity contribution is 0.0951. The van der Waals surface area contributed by atoms with E-state index in [4.69, 9.17) is 14.5 Å². The van der Waals surface area contributed by atoms with E-state index < -0.39 is 0 Å². The van der Waals surface area contributed by atoms with Crippen LogP contribution in [0.25, 0.3) is 11.0 Å². The van der Waals surface area contributed by atoms with Gasteiger partial charge in [0, 0.05) is 23.8 Å². The Morgan fingerprint density at radius 3 is 2.49 bits per heavy atom. The zero-order valence-corrected chi connectivity index (χ0v) is 20.4. The number of carbonyl (C=O) groups excluding carboxylic acids is 2. The summed E-state index contributed by atoms with van der Waals surface area (Å²) in [6.45, 7) is 8.55. The number of amides is 2. The first-order chi connectivity index (χ1) is 16.7. The highest BCUT2D eigenvalue weighted by Crippen LogP contribution is 2.41. The van der Waals surface area contributed by atoms with Crippen LogP contribution in [-0.2, 0) is 12.1 Å². The van der Waals surface area contributed by atoms with Gasteiger partial charge in [0.15, 0.2) is 11.4 Å². The molecular weight excluding hydrogens is 442 g/mol. The molecular formula is C27H29N5O3. The quantitative estimate of drug-likeness (QED) is 0.405. The van der Waals surface area contributed by atoms with Crippen LogP contribution in [-0.4, -0.2) is 26.6 Å². The number of rotatable bonds is 6. The summed E-state index contributed by atoms with van der Waals surface area (Å²) < 4.78 is 7.04. The van der Waals surface area contributed by atoms with Crippen LogP contribution in [0.4, 0.5) is 5.69 Å². The molecule has 1 aliphatic rings. The third kappa shape index (κ3) is 4.69. The van der Waals surface area contributed by atoms with Crippen LogP contribution < -0.4 is 10.6 Å². The van der Waals surface area contributed by atoms with Crippen molar-refractivity contribution in [3.05, 3.63) is 77.0 Å². The van der Waals surface area contributed by atoms with Gasteiger partial charge in [0.25, 0.3) is 11.8 Å². The normalized spacial score (nSPS) is 13.7. The number of anilines is 1. The highest BCUT2D eigenvalue weighted by molar-refractivity contribution is 6.06. The Hall–Kier alpha value is -3.94. The number of aromatic nitrogens is 3. The first-order valence-electron chi connectivity index (χ1n) is 11.8. The van der Waals surface area contributed by atoms with E-state index in [0.717, 1.165) is 40.8 Å². The Morgan fingerprint density at radius 2 is 1.86 bits per heavy atom. The van der Waals surface area contributed by atoms with Crippen molar-refractivity contribution in [3.63, 3.8) is 0 Å². The number of fused-ring (bicyclic) bond motifs is 1. The van der Waals surface area contributed by atoms with Gasteiger partial charge in [-0.3, -0.25) is 9.59 Å². The number of nitrogens with one attached hydrogen (secondary N) is 2. The van der Waals surface area contributed by atoms with Crippen molar-refractivity contribution >= 4 is 28.5 Å². The third-order valence-corrected chi connectivity index (χ3v) is 6.12. The Morgan fingerprint density at radius 1 is 1.11 bits per heavy atom. The van der Waals surface area contributed by atoms with E-state index in [0.29, 0.717) is 23.7 Å². The van der Waals surface area contributed by atoms with Crippen molar-refractivity contribution in [2.75, 3.05) is 5.32 Å². The van der Waals surface area contributed by atoms with Crippen LogP contribution in [0.15, 0.2) is 53.1 Å². The maximum atomic E-state index is 13.3. The summed E-state index contributed by atoms with van der Waals surface area (Å²) in [5.74, 6) is 0.209. The second-order valence-electron chi connectivity index (χ2n) is 10.0. The van der Waals surface area contributed by atoms with E-state index in [9.17, 15) is 9.59 Å². The summed E-state index contributed by atoms with van der Waals surface area (Å²) >= 11 is 0. The van der Waals surface area contributed by atoms with Gasteiger partial charge in [0.1, 0.15) is 0 Å². The summed E-state index contributed by atoms with van der Waals surface area (Å²) in [7, 11) is 0. The molecule has 0 spiro atoms. The van der Waals surface area contributed by atoms with Crippen LogP contribution in [0.5, 0.6) is 0 Å². The number of hydrogen-bond acceptors (Lipinski definition) is 5. The zero-order chi connectivity index (χ0) is 24.7. The average Bonchev–Trinajstić information content (AvgIpc) is 3.41. The number of nitrogens with zero attached hydrogens (tertiary/aromatic N) is 3. The zero-order valence-electron chi connectivity index (χ0n) is 20.4. The first kappa shape index (κ1) is 22.8. The molecule has 1 saturated carbocycles. The average molecular weight is 472 g/mol. The van der Waals surface area contributed by atoms with Crippen LogP contribution in [0.3, 0.4) is 0 Å². The summed E-state index contributed by atoms with van der Waals surface area (Å²) in [6, 6.07) is 12.6. The molecule has 8 heteroatoms. The Bertz CT molecular complexity index is 1390. The number of aryl methyl sites for hydroxylation is 1. The van der Waals surface area contributed by atoms with E-state index in [2.05, 4.69) is 31.4 Å². The first-order valence-corrected chi connectivity index (χ1v) is 11.8. The van der Waals surface area contributed by atoms with Crippen molar-refractivity contribution < 1.29 is 14.0 Å². The van der Waals surface area contributed by atoms with Crippen molar-refractivity contribution in [2.24, 2.45) is 0 Å². The van der Waals surface area contributed by atoms with E-state index >= 15 is 0 Å². The molecule has 3 heterocycles.